The molecule has 3 aromatic carbocycles. The summed E-state index contributed by atoms with van der Waals surface area (Å²) in [6, 6.07) is 21.2. The van der Waals surface area contributed by atoms with E-state index in [9.17, 15) is 14.9 Å². The van der Waals surface area contributed by atoms with Crippen LogP contribution in [0, 0.1) is 35.5 Å². The van der Waals surface area contributed by atoms with E-state index < -0.39 is 5.91 Å². The molecule has 12 nitrogen and oxygen atoms in total. The highest BCUT2D eigenvalue weighted by atomic mass is 35.5. The molecule has 0 saturated carbocycles. The summed E-state index contributed by atoms with van der Waals surface area (Å²) in [5, 5.41) is 28.7. The number of carbonyl (C=O) groups is 1. The van der Waals surface area contributed by atoms with Crippen LogP contribution in [0.25, 0.3) is 33.7 Å². The van der Waals surface area contributed by atoms with E-state index in [1.54, 1.807) is 25.4 Å². The number of amides is 1. The number of anilines is 1. The Morgan fingerprint density at radius 1 is 1.13 bits per heavy atom. The maximum Gasteiger partial charge on any atom is 0.274 e. The summed E-state index contributed by atoms with van der Waals surface area (Å²) in [5.74, 6) is 2.77. The van der Waals surface area contributed by atoms with Gasteiger partial charge >= 0.3 is 0 Å². The first-order valence-corrected chi connectivity index (χ1v) is 18.0. The van der Waals surface area contributed by atoms with Gasteiger partial charge in [-0.2, -0.15) is 10.5 Å². The zero-order valence-corrected chi connectivity index (χ0v) is 30.6. The Bertz CT molecular complexity index is 2380. The lowest BCUT2D eigenvalue weighted by Gasteiger charge is -2.38. The summed E-state index contributed by atoms with van der Waals surface area (Å²) in [7, 11) is 1.54. The molecule has 54 heavy (non-hydrogen) atoms. The van der Waals surface area contributed by atoms with Crippen molar-refractivity contribution in [1.82, 2.24) is 25.5 Å². The Kier molecular flexibility index (Phi) is 10.7. The van der Waals surface area contributed by atoms with E-state index in [1.807, 2.05) is 55.3 Å². The van der Waals surface area contributed by atoms with Gasteiger partial charge in [0, 0.05) is 80.6 Å². The molecule has 2 aromatic heterocycles. The van der Waals surface area contributed by atoms with Gasteiger partial charge in [-0.05, 0) is 60.2 Å². The Hall–Kier alpha value is -6.01. The molecule has 0 radical (unpaired) electrons. The van der Waals surface area contributed by atoms with E-state index in [0.717, 1.165) is 47.3 Å². The van der Waals surface area contributed by atoms with Crippen molar-refractivity contribution in [2.45, 2.75) is 45.3 Å². The third kappa shape index (κ3) is 7.56. The van der Waals surface area contributed by atoms with Gasteiger partial charge in [0.1, 0.15) is 29.0 Å². The van der Waals surface area contributed by atoms with Gasteiger partial charge in [0.25, 0.3) is 5.91 Å². The van der Waals surface area contributed by atoms with Crippen molar-refractivity contribution in [2.24, 2.45) is 5.92 Å². The number of fused-ring (bicyclic) bond motifs is 1. The SMILES string of the molecule is COc1cc(C(=O)Nc2cccc(-c3cccc(-c4nc5cc(CN6CC(CC#N)C6)cc(C#N)c5o4)c3C)c2Cl)ncc1CNC[C@@H]1CCC(=C=O)N1. The minimum atomic E-state index is -0.448. The van der Waals surface area contributed by atoms with E-state index in [4.69, 9.17) is 31.0 Å². The number of rotatable bonds is 12. The van der Waals surface area contributed by atoms with E-state index in [-0.39, 0.29) is 11.7 Å². The number of halogens is 1. The largest absolute Gasteiger partial charge is 0.496 e. The molecule has 0 spiro atoms. The molecule has 13 heteroatoms. The Morgan fingerprint density at radius 2 is 1.93 bits per heavy atom. The van der Waals surface area contributed by atoms with Gasteiger partial charge in [-0.3, -0.25) is 14.7 Å². The molecule has 5 aromatic rings. The van der Waals surface area contributed by atoms with Crippen molar-refractivity contribution in [2.75, 3.05) is 32.1 Å². The second-order valence-electron chi connectivity index (χ2n) is 13.6. The molecule has 2 aliphatic heterocycles. The van der Waals surface area contributed by atoms with Crippen molar-refractivity contribution < 1.29 is 18.7 Å². The van der Waals surface area contributed by atoms with Crippen LogP contribution >= 0.6 is 11.6 Å². The summed E-state index contributed by atoms with van der Waals surface area (Å²) in [4.78, 5) is 35.8. The van der Waals surface area contributed by atoms with E-state index in [0.29, 0.717) is 88.7 Å². The second-order valence-corrected chi connectivity index (χ2v) is 14.0. The molecule has 2 fully saturated rings. The predicted octanol–water partition coefficient (Wildman–Crippen LogP) is 6.55. The first kappa shape index (κ1) is 36.4. The smallest absolute Gasteiger partial charge is 0.274 e. The number of benzene rings is 3. The van der Waals surface area contributed by atoms with Crippen LogP contribution in [0.3, 0.4) is 0 Å². The van der Waals surface area contributed by atoms with Crippen molar-refractivity contribution in [3.05, 3.63) is 99.5 Å². The summed E-state index contributed by atoms with van der Waals surface area (Å²) in [5.41, 5.74) is 7.50. The van der Waals surface area contributed by atoms with Gasteiger partial charge in [0.05, 0.1) is 35.1 Å². The maximum atomic E-state index is 13.4. The van der Waals surface area contributed by atoms with E-state index in [1.165, 1.54) is 0 Å². The fraction of sp³-hybridized carbons (Fsp3) is 0.293. The van der Waals surface area contributed by atoms with Gasteiger partial charge in [-0.25, -0.2) is 9.78 Å². The van der Waals surface area contributed by atoms with Gasteiger partial charge in [-0.1, -0.05) is 35.9 Å². The van der Waals surface area contributed by atoms with Crippen LogP contribution in [0.2, 0.25) is 5.02 Å². The van der Waals surface area contributed by atoms with Crippen LogP contribution in [-0.4, -0.2) is 59.5 Å². The van der Waals surface area contributed by atoms with Crippen LogP contribution in [0.5, 0.6) is 5.75 Å². The van der Waals surface area contributed by atoms with Gasteiger partial charge in [-0.15, -0.1) is 0 Å². The number of nitrogens with zero attached hydrogens (tertiary/aromatic N) is 5. The highest BCUT2D eigenvalue weighted by molar-refractivity contribution is 6.36. The standard InChI is InChI=1S/C41H37ClN8O4/c1-24-31(5-3-6-32(24)41-49-35-14-26(13-27(16-44)39(35)54-41)22-50-20-25(21-50)11-12-43)33-7-4-8-34(38(33)42)48-40(52)36-15-37(53-2)28(18-46-36)17-45-19-29-9-10-30(23-51)47-29/h3-8,13-15,18,25,29,45,47H,9-11,17,19-22H2,1-2H3,(H,48,52)/t29-/m0/s1. The number of allylic oxidation sites excluding steroid dienone is 1. The first-order valence-electron chi connectivity index (χ1n) is 17.7. The lowest BCUT2D eigenvalue weighted by Crippen LogP contribution is -2.45. The Labute approximate surface area is 317 Å². The third-order valence-corrected chi connectivity index (χ3v) is 10.3. The lowest BCUT2D eigenvalue weighted by atomic mass is 9.96. The van der Waals surface area contributed by atoms with Gasteiger partial charge < -0.3 is 25.1 Å². The van der Waals surface area contributed by atoms with Crippen molar-refractivity contribution in [1.29, 1.82) is 10.5 Å². The number of methoxy groups -OCH3 is 1. The maximum absolute atomic E-state index is 13.4. The molecule has 1 atom stereocenters. The average Bonchev–Trinajstić information content (AvgIpc) is 3.82. The molecule has 2 aliphatic rings. The molecule has 0 aliphatic carbocycles. The minimum Gasteiger partial charge on any atom is -0.496 e. The summed E-state index contributed by atoms with van der Waals surface area (Å²) >= 11 is 6.97. The number of aromatic nitrogens is 2. The predicted molar refractivity (Wildman–Crippen MR) is 204 cm³/mol. The van der Waals surface area contributed by atoms with Gasteiger partial charge in [0.15, 0.2) is 5.58 Å². The highest BCUT2D eigenvalue weighted by Gasteiger charge is 2.27. The quantitative estimate of drug-likeness (QED) is 0.119. The number of pyridine rings is 1. The van der Waals surface area contributed by atoms with Crippen molar-refractivity contribution >= 4 is 40.2 Å². The number of hydrogen-bond acceptors (Lipinski definition) is 11. The molecule has 3 N–H and O–H groups in total. The summed E-state index contributed by atoms with van der Waals surface area (Å²) in [6.07, 6.45) is 3.72. The zero-order chi connectivity index (χ0) is 37.8. The number of hydrogen-bond donors (Lipinski definition) is 3. The van der Waals surface area contributed by atoms with Crippen LogP contribution in [0.15, 0.2) is 70.9 Å². The van der Waals surface area contributed by atoms with E-state index >= 15 is 0 Å². The number of oxazole rings is 1. The fourth-order valence-electron chi connectivity index (χ4n) is 7.12. The normalized spacial score (nSPS) is 15.6. The van der Waals surface area contributed by atoms with Gasteiger partial charge in [0.2, 0.25) is 5.89 Å². The number of ether oxygens (including phenoxy) is 1. The number of nitriles is 2. The Morgan fingerprint density at radius 3 is 2.69 bits per heavy atom. The number of nitrogens with one attached hydrogen (secondary N) is 3. The monoisotopic (exact) mass is 740 g/mol. The minimum absolute atomic E-state index is 0.150. The van der Waals surface area contributed by atoms with Crippen LogP contribution < -0.4 is 20.7 Å². The van der Waals surface area contributed by atoms with Crippen molar-refractivity contribution in [3.8, 4) is 40.5 Å². The summed E-state index contributed by atoms with van der Waals surface area (Å²) in [6.45, 7) is 5.46. The Balaban J connectivity index is 1.07. The van der Waals surface area contributed by atoms with Crippen LogP contribution in [0.1, 0.15) is 52.0 Å². The molecule has 0 unspecified atom stereocenters. The molecule has 0 bridgehead atoms. The van der Waals surface area contributed by atoms with Crippen LogP contribution in [-0.2, 0) is 17.9 Å². The first-order chi connectivity index (χ1) is 26.3. The molecule has 272 valence electrons. The summed E-state index contributed by atoms with van der Waals surface area (Å²) < 4.78 is 11.8. The molecule has 1 amide bonds. The van der Waals surface area contributed by atoms with Crippen molar-refractivity contribution in [3.63, 3.8) is 0 Å². The molecular weight excluding hydrogens is 704 g/mol. The fourth-order valence-corrected chi connectivity index (χ4v) is 7.40. The second kappa shape index (κ2) is 15.9. The molecule has 2 saturated heterocycles. The van der Waals surface area contributed by atoms with E-state index in [2.05, 4.69) is 38.0 Å². The molecule has 7 rings (SSSR count). The molecule has 4 heterocycles. The topological polar surface area (TPSA) is 169 Å². The third-order valence-electron chi connectivity index (χ3n) is 9.94. The zero-order valence-electron chi connectivity index (χ0n) is 29.8. The molecular formula is C41H37ClN8O4. The number of likely N-dealkylation sites (tertiary alicyclic amines) is 1. The lowest BCUT2D eigenvalue weighted by molar-refractivity contribution is 0.0955. The number of carbonyl (C=O) groups excluding carboxylic acids is 2. The van der Waals surface area contributed by atoms with Crippen LogP contribution in [0.4, 0.5) is 5.69 Å². The average molecular weight is 741 g/mol. The highest BCUT2D eigenvalue weighted by Crippen LogP contribution is 2.39.